The zero-order chi connectivity index (χ0) is 18.9. The molecule has 6 heteroatoms. The SMILES string of the molecule is CC(OC(=O)C1(C)CC1(Cl)Cl)C(=O)N1CCC(Cc2ccccc2)CC1. The van der Waals surface area contributed by atoms with Gasteiger partial charge >= 0.3 is 5.97 Å². The first-order valence-corrected chi connectivity index (χ1v) is 9.90. The molecule has 1 saturated heterocycles. The van der Waals surface area contributed by atoms with E-state index in [-0.39, 0.29) is 5.91 Å². The van der Waals surface area contributed by atoms with E-state index in [1.54, 1.807) is 18.7 Å². The highest BCUT2D eigenvalue weighted by Gasteiger charge is 2.69. The van der Waals surface area contributed by atoms with Crippen LogP contribution in [0.15, 0.2) is 30.3 Å². The molecule has 0 aromatic heterocycles. The van der Waals surface area contributed by atoms with Gasteiger partial charge < -0.3 is 9.64 Å². The molecule has 142 valence electrons. The van der Waals surface area contributed by atoms with E-state index in [1.165, 1.54) is 5.56 Å². The predicted molar refractivity (Wildman–Crippen MR) is 102 cm³/mol. The van der Waals surface area contributed by atoms with E-state index in [9.17, 15) is 9.59 Å². The van der Waals surface area contributed by atoms with Gasteiger partial charge in [-0.1, -0.05) is 30.3 Å². The van der Waals surface area contributed by atoms with Gasteiger partial charge in [0.15, 0.2) is 6.10 Å². The number of hydrogen-bond donors (Lipinski definition) is 0. The standard InChI is InChI=1S/C20H25Cl2NO3/c1-14(26-18(25)19(2)13-20(19,21)22)17(24)23-10-8-16(9-11-23)12-15-6-4-3-5-7-15/h3-7,14,16H,8-13H2,1-2H3. The summed E-state index contributed by atoms with van der Waals surface area (Å²) < 4.78 is 4.27. The fraction of sp³-hybridized carbons (Fsp3) is 0.600. The average Bonchev–Trinajstić information content (AvgIpc) is 3.15. The third-order valence-electron chi connectivity index (χ3n) is 5.63. The first-order chi connectivity index (χ1) is 12.2. The van der Waals surface area contributed by atoms with E-state index in [4.69, 9.17) is 27.9 Å². The van der Waals surface area contributed by atoms with Crippen molar-refractivity contribution < 1.29 is 14.3 Å². The lowest BCUT2D eigenvalue weighted by Crippen LogP contribution is -2.45. The van der Waals surface area contributed by atoms with E-state index >= 15 is 0 Å². The Hall–Kier alpha value is -1.26. The van der Waals surface area contributed by atoms with Crippen molar-refractivity contribution in [2.45, 2.75) is 50.0 Å². The second kappa shape index (κ2) is 7.40. The molecule has 26 heavy (non-hydrogen) atoms. The zero-order valence-electron chi connectivity index (χ0n) is 15.2. The van der Waals surface area contributed by atoms with Crippen LogP contribution in [0, 0.1) is 11.3 Å². The number of amides is 1. The minimum atomic E-state index is -1.08. The Morgan fingerprint density at radius 2 is 1.81 bits per heavy atom. The second-order valence-corrected chi connectivity index (χ2v) is 9.20. The average molecular weight is 398 g/mol. The number of rotatable bonds is 5. The summed E-state index contributed by atoms with van der Waals surface area (Å²) in [6.45, 7) is 4.68. The number of benzene rings is 1. The van der Waals surface area contributed by atoms with Crippen LogP contribution in [-0.4, -0.2) is 40.3 Å². The molecule has 2 aliphatic rings. The quantitative estimate of drug-likeness (QED) is 0.557. The molecule has 4 nitrogen and oxygen atoms in total. The van der Waals surface area contributed by atoms with Crippen LogP contribution in [0.5, 0.6) is 0 Å². The molecule has 1 aromatic rings. The van der Waals surface area contributed by atoms with Crippen LogP contribution in [0.4, 0.5) is 0 Å². The summed E-state index contributed by atoms with van der Waals surface area (Å²) >= 11 is 12.0. The maximum atomic E-state index is 12.6. The number of piperidine rings is 1. The summed E-state index contributed by atoms with van der Waals surface area (Å²) in [6, 6.07) is 10.4. The van der Waals surface area contributed by atoms with Gasteiger partial charge in [0.2, 0.25) is 0 Å². The molecule has 0 bridgehead atoms. The summed E-state index contributed by atoms with van der Waals surface area (Å²) in [6.07, 6.45) is 2.51. The van der Waals surface area contributed by atoms with Crippen molar-refractivity contribution in [2.75, 3.05) is 13.1 Å². The highest BCUT2D eigenvalue weighted by Crippen LogP contribution is 2.64. The van der Waals surface area contributed by atoms with Gasteiger partial charge in [0, 0.05) is 19.5 Å². The van der Waals surface area contributed by atoms with Gasteiger partial charge in [0.05, 0.1) is 0 Å². The Bertz CT molecular complexity index is 671. The van der Waals surface area contributed by atoms with E-state index < -0.39 is 21.8 Å². The number of ether oxygens (including phenoxy) is 1. The van der Waals surface area contributed by atoms with Crippen LogP contribution < -0.4 is 0 Å². The predicted octanol–water partition coefficient (Wildman–Crippen LogP) is 3.98. The minimum absolute atomic E-state index is 0.143. The third-order valence-corrected chi connectivity index (χ3v) is 6.73. The second-order valence-electron chi connectivity index (χ2n) is 7.72. The van der Waals surface area contributed by atoms with E-state index in [0.717, 1.165) is 19.3 Å². The molecule has 2 atom stereocenters. The fourth-order valence-electron chi connectivity index (χ4n) is 3.52. The van der Waals surface area contributed by atoms with E-state index in [0.29, 0.717) is 25.4 Å². The van der Waals surface area contributed by atoms with Crippen LogP contribution in [-0.2, 0) is 20.7 Å². The molecular weight excluding hydrogens is 373 g/mol. The smallest absolute Gasteiger partial charge is 0.315 e. The van der Waals surface area contributed by atoms with Crippen molar-refractivity contribution in [2.24, 2.45) is 11.3 Å². The largest absolute Gasteiger partial charge is 0.452 e. The molecule has 1 amide bonds. The molecule has 1 aliphatic carbocycles. The van der Waals surface area contributed by atoms with Gasteiger partial charge in [0.1, 0.15) is 9.75 Å². The van der Waals surface area contributed by atoms with Crippen molar-refractivity contribution >= 4 is 35.1 Å². The van der Waals surface area contributed by atoms with Crippen LogP contribution in [0.25, 0.3) is 0 Å². The number of carbonyl (C=O) groups is 2. The summed E-state index contributed by atoms with van der Waals surface area (Å²) in [5.74, 6) is -0.0596. The van der Waals surface area contributed by atoms with Crippen LogP contribution in [0.3, 0.4) is 0 Å². The molecule has 3 rings (SSSR count). The Morgan fingerprint density at radius 3 is 2.35 bits per heavy atom. The molecular formula is C20H25Cl2NO3. The summed E-state index contributed by atoms with van der Waals surface area (Å²) in [4.78, 5) is 26.6. The Balaban J connectivity index is 1.46. The molecule has 1 saturated carbocycles. The third kappa shape index (κ3) is 4.01. The van der Waals surface area contributed by atoms with Crippen molar-refractivity contribution in [3.63, 3.8) is 0 Å². The molecule has 0 spiro atoms. The van der Waals surface area contributed by atoms with Crippen LogP contribution in [0.2, 0.25) is 0 Å². The molecule has 2 fully saturated rings. The number of likely N-dealkylation sites (tertiary alicyclic amines) is 1. The summed E-state index contributed by atoms with van der Waals surface area (Å²) in [5, 5.41) is 0. The first-order valence-electron chi connectivity index (χ1n) is 9.14. The molecule has 1 heterocycles. The van der Waals surface area contributed by atoms with Crippen LogP contribution in [0.1, 0.15) is 38.7 Å². The van der Waals surface area contributed by atoms with Crippen molar-refractivity contribution in [1.29, 1.82) is 0 Å². The Morgan fingerprint density at radius 1 is 1.23 bits per heavy atom. The van der Waals surface area contributed by atoms with Crippen molar-refractivity contribution in [3.8, 4) is 0 Å². The maximum absolute atomic E-state index is 12.6. The number of halogens is 2. The summed E-state index contributed by atoms with van der Waals surface area (Å²) in [7, 11) is 0. The minimum Gasteiger partial charge on any atom is -0.452 e. The first kappa shape index (κ1) is 19.5. The highest BCUT2D eigenvalue weighted by atomic mass is 35.5. The fourth-order valence-corrected chi connectivity index (χ4v) is 4.21. The van der Waals surface area contributed by atoms with Crippen LogP contribution >= 0.6 is 23.2 Å². The van der Waals surface area contributed by atoms with Gasteiger partial charge in [-0.05, 0) is 44.6 Å². The molecule has 1 aromatic carbocycles. The molecule has 2 unspecified atom stereocenters. The Labute approximate surface area is 164 Å². The summed E-state index contributed by atoms with van der Waals surface area (Å²) in [5.41, 5.74) is 0.427. The van der Waals surface area contributed by atoms with Gasteiger partial charge in [-0.3, -0.25) is 9.59 Å². The molecule has 0 radical (unpaired) electrons. The van der Waals surface area contributed by atoms with Gasteiger partial charge in [-0.25, -0.2) is 0 Å². The van der Waals surface area contributed by atoms with Crippen molar-refractivity contribution in [1.82, 2.24) is 4.90 Å². The molecule has 1 aliphatic heterocycles. The van der Waals surface area contributed by atoms with E-state index in [2.05, 4.69) is 24.3 Å². The topological polar surface area (TPSA) is 46.6 Å². The van der Waals surface area contributed by atoms with E-state index in [1.807, 2.05) is 6.07 Å². The maximum Gasteiger partial charge on any atom is 0.315 e. The lowest BCUT2D eigenvalue weighted by Gasteiger charge is -2.33. The zero-order valence-corrected chi connectivity index (χ0v) is 16.7. The normalized spacial score (nSPS) is 26.2. The number of nitrogens with zero attached hydrogens (tertiary/aromatic N) is 1. The van der Waals surface area contributed by atoms with Gasteiger partial charge in [-0.2, -0.15) is 0 Å². The number of hydrogen-bond acceptors (Lipinski definition) is 3. The number of alkyl halides is 2. The molecule has 0 N–H and O–H groups in total. The lowest BCUT2D eigenvalue weighted by molar-refractivity contribution is -0.163. The number of esters is 1. The monoisotopic (exact) mass is 397 g/mol. The lowest BCUT2D eigenvalue weighted by atomic mass is 9.90. The van der Waals surface area contributed by atoms with Gasteiger partial charge in [-0.15, -0.1) is 23.2 Å². The highest BCUT2D eigenvalue weighted by molar-refractivity contribution is 6.53. The van der Waals surface area contributed by atoms with Gasteiger partial charge in [0.25, 0.3) is 5.91 Å². The number of carbonyl (C=O) groups excluding carboxylic acids is 2. The Kier molecular flexibility index (Phi) is 5.55. The van der Waals surface area contributed by atoms with Crippen molar-refractivity contribution in [3.05, 3.63) is 35.9 Å².